The lowest BCUT2D eigenvalue weighted by Crippen LogP contribution is -2.61. The number of aromatic nitrogens is 2. The average molecular weight is 382 g/mol. The molecule has 0 atom stereocenters. The van der Waals surface area contributed by atoms with Gasteiger partial charge in [0.2, 0.25) is 10.0 Å². The molecule has 2 saturated heterocycles. The van der Waals surface area contributed by atoms with Gasteiger partial charge in [-0.1, -0.05) is 12.8 Å². The number of hydrogen-bond donors (Lipinski definition) is 1. The molecule has 1 aromatic rings. The minimum atomic E-state index is -3.31. The highest BCUT2D eigenvalue weighted by Crippen LogP contribution is 2.26. The van der Waals surface area contributed by atoms with Crippen LogP contribution in [-0.2, 0) is 16.6 Å². The first-order chi connectivity index (χ1) is 12.5. The maximum absolute atomic E-state index is 12.6. The molecule has 3 fully saturated rings. The molecule has 1 N–H and O–H groups in total. The molecular weight excluding hydrogens is 354 g/mol. The van der Waals surface area contributed by atoms with Gasteiger partial charge in [-0.05, 0) is 18.8 Å². The van der Waals surface area contributed by atoms with E-state index in [1.54, 1.807) is 21.6 Å². The lowest BCUT2D eigenvalue weighted by atomic mass is 10.1. The molecule has 0 spiro atoms. The van der Waals surface area contributed by atoms with Gasteiger partial charge in [-0.2, -0.15) is 9.40 Å². The summed E-state index contributed by atoms with van der Waals surface area (Å²) in [5.41, 5.74) is 0.556. The van der Waals surface area contributed by atoms with Crippen LogP contribution in [0.1, 0.15) is 36.0 Å². The Bertz CT molecular complexity index is 744. The number of nitrogens with zero attached hydrogens (tertiary/aromatic N) is 4. The summed E-state index contributed by atoms with van der Waals surface area (Å²) < 4.78 is 28.6. The Morgan fingerprint density at radius 2 is 1.88 bits per heavy atom. The number of sulfonamides is 1. The Hall–Kier alpha value is -1.45. The van der Waals surface area contributed by atoms with E-state index in [2.05, 4.69) is 10.4 Å². The van der Waals surface area contributed by atoms with E-state index in [1.807, 2.05) is 4.68 Å². The predicted octanol–water partition coefficient (Wildman–Crippen LogP) is 0.133. The summed E-state index contributed by atoms with van der Waals surface area (Å²) in [4.78, 5) is 14.2. The van der Waals surface area contributed by atoms with Gasteiger partial charge in [0.15, 0.2) is 0 Å². The van der Waals surface area contributed by atoms with Crippen molar-refractivity contribution in [3.05, 3.63) is 18.0 Å². The maximum Gasteiger partial charge on any atom is 0.257 e. The largest absolute Gasteiger partial charge is 0.336 e. The maximum atomic E-state index is 12.6. The van der Waals surface area contributed by atoms with Crippen LogP contribution in [0.3, 0.4) is 0 Å². The summed E-state index contributed by atoms with van der Waals surface area (Å²) in [6.07, 6.45) is 8.46. The first-order valence-electron chi connectivity index (χ1n) is 9.55. The van der Waals surface area contributed by atoms with Crippen LogP contribution in [0, 0.1) is 5.92 Å². The molecule has 2 aliphatic heterocycles. The van der Waals surface area contributed by atoms with Gasteiger partial charge in [-0.25, -0.2) is 8.42 Å². The number of amides is 1. The van der Waals surface area contributed by atoms with Crippen molar-refractivity contribution in [3.8, 4) is 0 Å². The van der Waals surface area contributed by atoms with Crippen molar-refractivity contribution in [3.63, 3.8) is 0 Å². The third kappa shape index (κ3) is 3.52. The quantitative estimate of drug-likeness (QED) is 0.784. The van der Waals surface area contributed by atoms with E-state index < -0.39 is 15.3 Å². The van der Waals surface area contributed by atoms with Crippen molar-refractivity contribution >= 4 is 15.9 Å². The molecule has 9 heteroatoms. The molecule has 1 saturated carbocycles. The van der Waals surface area contributed by atoms with Crippen LogP contribution < -0.4 is 5.32 Å². The van der Waals surface area contributed by atoms with Crippen LogP contribution in [0.4, 0.5) is 0 Å². The molecule has 3 aliphatic rings. The molecule has 1 aliphatic carbocycles. The summed E-state index contributed by atoms with van der Waals surface area (Å²) in [5.74, 6) is 0.546. The van der Waals surface area contributed by atoms with Gasteiger partial charge < -0.3 is 10.2 Å². The van der Waals surface area contributed by atoms with Gasteiger partial charge >= 0.3 is 0 Å². The Labute approximate surface area is 154 Å². The molecule has 4 rings (SSSR count). The first-order valence-corrected chi connectivity index (χ1v) is 11.1. The molecule has 0 bridgehead atoms. The number of hydrogen-bond acceptors (Lipinski definition) is 5. The molecule has 144 valence electrons. The monoisotopic (exact) mass is 381 g/mol. The van der Waals surface area contributed by atoms with E-state index in [4.69, 9.17) is 0 Å². The van der Waals surface area contributed by atoms with E-state index >= 15 is 0 Å². The number of nitrogens with one attached hydrogen (secondary N) is 1. The smallest absolute Gasteiger partial charge is 0.257 e. The Morgan fingerprint density at radius 3 is 2.58 bits per heavy atom. The third-order valence-corrected chi connectivity index (χ3v) is 8.02. The highest BCUT2D eigenvalue weighted by Gasteiger charge is 2.43. The summed E-state index contributed by atoms with van der Waals surface area (Å²) in [6.45, 7) is 3.83. The van der Waals surface area contributed by atoms with E-state index in [9.17, 15) is 13.2 Å². The highest BCUT2D eigenvalue weighted by molar-refractivity contribution is 7.89. The molecule has 1 amide bonds. The SMILES string of the molecule is O=C(c1cnn(CC2CCCC2)c1)N1CC(S(=O)(=O)N2CCNCC2)C1. The first kappa shape index (κ1) is 17.9. The van der Waals surface area contributed by atoms with Gasteiger partial charge in [-0.3, -0.25) is 9.48 Å². The van der Waals surface area contributed by atoms with Crippen molar-refractivity contribution in [2.45, 2.75) is 37.5 Å². The van der Waals surface area contributed by atoms with Crippen LogP contribution in [0.5, 0.6) is 0 Å². The zero-order chi connectivity index (χ0) is 18.1. The van der Waals surface area contributed by atoms with Gasteiger partial charge in [0, 0.05) is 52.0 Å². The lowest BCUT2D eigenvalue weighted by Gasteiger charge is -2.41. The second kappa shape index (κ2) is 7.28. The van der Waals surface area contributed by atoms with Gasteiger partial charge in [0.05, 0.1) is 11.8 Å². The fourth-order valence-electron chi connectivity index (χ4n) is 4.12. The lowest BCUT2D eigenvalue weighted by molar-refractivity contribution is 0.0654. The molecule has 0 aromatic carbocycles. The fraction of sp³-hybridized carbons (Fsp3) is 0.765. The van der Waals surface area contributed by atoms with Crippen molar-refractivity contribution in [2.24, 2.45) is 5.92 Å². The second-order valence-electron chi connectivity index (χ2n) is 7.63. The summed E-state index contributed by atoms with van der Waals surface area (Å²) in [7, 11) is -3.31. The Balaban J connectivity index is 1.32. The zero-order valence-corrected chi connectivity index (χ0v) is 15.8. The number of carbonyl (C=O) groups is 1. The van der Waals surface area contributed by atoms with E-state index in [1.165, 1.54) is 25.7 Å². The molecular formula is C17H27N5O3S. The zero-order valence-electron chi connectivity index (χ0n) is 15.0. The van der Waals surface area contributed by atoms with Gasteiger partial charge in [0.1, 0.15) is 5.25 Å². The van der Waals surface area contributed by atoms with Crippen molar-refractivity contribution < 1.29 is 13.2 Å². The molecule has 3 heterocycles. The number of likely N-dealkylation sites (tertiary alicyclic amines) is 1. The standard InChI is InChI=1S/C17H27N5O3S/c23-17(15-9-19-21(11-15)10-14-3-1-2-4-14)20-12-16(13-20)26(24,25)22-7-5-18-6-8-22/h9,11,14,16,18H,1-8,10,12-13H2. The third-order valence-electron chi connectivity index (χ3n) is 5.79. The summed E-state index contributed by atoms with van der Waals surface area (Å²) in [5, 5.41) is 7.00. The summed E-state index contributed by atoms with van der Waals surface area (Å²) in [6, 6.07) is 0. The van der Waals surface area contributed by atoms with Gasteiger partial charge in [0.25, 0.3) is 5.91 Å². The second-order valence-corrected chi connectivity index (χ2v) is 9.84. The molecule has 0 radical (unpaired) electrons. The van der Waals surface area contributed by atoms with Crippen LogP contribution in [0.15, 0.2) is 12.4 Å². The molecule has 1 aromatic heterocycles. The Morgan fingerprint density at radius 1 is 1.19 bits per heavy atom. The normalized spacial score (nSPS) is 23.3. The topological polar surface area (TPSA) is 87.5 Å². The van der Waals surface area contributed by atoms with Crippen LogP contribution in [0.25, 0.3) is 0 Å². The molecule has 0 unspecified atom stereocenters. The molecule has 26 heavy (non-hydrogen) atoms. The van der Waals surface area contributed by atoms with E-state index in [0.717, 1.165) is 6.54 Å². The van der Waals surface area contributed by atoms with Crippen molar-refractivity contribution in [1.82, 2.24) is 24.3 Å². The number of piperazine rings is 1. The van der Waals surface area contributed by atoms with E-state index in [-0.39, 0.29) is 19.0 Å². The van der Waals surface area contributed by atoms with Crippen molar-refractivity contribution in [2.75, 3.05) is 39.3 Å². The fourth-order valence-corrected chi connectivity index (χ4v) is 5.97. The van der Waals surface area contributed by atoms with Crippen LogP contribution >= 0.6 is 0 Å². The average Bonchev–Trinajstić information content (AvgIpc) is 3.26. The van der Waals surface area contributed by atoms with Gasteiger partial charge in [-0.15, -0.1) is 0 Å². The van der Waals surface area contributed by atoms with Crippen LogP contribution in [0.2, 0.25) is 0 Å². The number of rotatable bonds is 5. The van der Waals surface area contributed by atoms with Crippen molar-refractivity contribution in [1.29, 1.82) is 0 Å². The minimum Gasteiger partial charge on any atom is -0.336 e. The predicted molar refractivity (Wildman–Crippen MR) is 97.2 cm³/mol. The summed E-state index contributed by atoms with van der Waals surface area (Å²) >= 11 is 0. The van der Waals surface area contributed by atoms with E-state index in [0.29, 0.717) is 37.7 Å². The molecule has 8 nitrogen and oxygen atoms in total. The Kier molecular flexibility index (Phi) is 5.02. The number of carbonyl (C=O) groups excluding carboxylic acids is 1. The minimum absolute atomic E-state index is 0.116. The highest BCUT2D eigenvalue weighted by atomic mass is 32.2. The van der Waals surface area contributed by atoms with Crippen LogP contribution in [-0.4, -0.2) is 77.8 Å².